The van der Waals surface area contributed by atoms with Crippen LogP contribution in [0.4, 0.5) is 0 Å². The van der Waals surface area contributed by atoms with Crippen LogP contribution in [0.1, 0.15) is 44.9 Å². The number of carboxylic acids is 3. The van der Waals surface area contributed by atoms with E-state index >= 15 is 0 Å². The Balaban J connectivity index is 0.00000127. The third kappa shape index (κ3) is 4.41. The molecule has 120 valence electrons. The summed E-state index contributed by atoms with van der Waals surface area (Å²) in [5, 5.41) is 26.8. The van der Waals surface area contributed by atoms with Crippen molar-refractivity contribution in [3.05, 3.63) is 59.2 Å². The maximum Gasteiger partial charge on any atom is 0.335 e. The molecule has 0 amide bonds. The standard InChI is InChI=1S/C15H10O6.C2H6/c16-13(17)9-3-1-8(2-4-9)10-5-11(14(18)19)7-12(6-10)15(20)21;1-2/h1-7H,(H,16,17)(H,18,19)(H,20,21);1-2H3. The van der Waals surface area contributed by atoms with Crippen molar-refractivity contribution in [3.8, 4) is 11.1 Å². The lowest BCUT2D eigenvalue weighted by Crippen LogP contribution is -2.03. The largest absolute Gasteiger partial charge is 0.478 e. The van der Waals surface area contributed by atoms with Crippen LogP contribution >= 0.6 is 0 Å². The molecular weight excluding hydrogens is 300 g/mol. The summed E-state index contributed by atoms with van der Waals surface area (Å²) in [7, 11) is 0. The summed E-state index contributed by atoms with van der Waals surface area (Å²) in [6.45, 7) is 4.00. The Labute approximate surface area is 132 Å². The van der Waals surface area contributed by atoms with Crippen LogP contribution < -0.4 is 0 Å². The van der Waals surface area contributed by atoms with Crippen molar-refractivity contribution >= 4 is 17.9 Å². The van der Waals surface area contributed by atoms with E-state index in [0.717, 1.165) is 6.07 Å². The van der Waals surface area contributed by atoms with E-state index < -0.39 is 17.9 Å². The fourth-order valence-corrected chi connectivity index (χ4v) is 1.85. The second-order valence-electron chi connectivity index (χ2n) is 4.29. The first-order valence-electron chi connectivity index (χ1n) is 6.84. The minimum Gasteiger partial charge on any atom is -0.478 e. The first kappa shape index (κ1) is 17.9. The highest BCUT2D eigenvalue weighted by molar-refractivity contribution is 5.96. The Hall–Kier alpha value is -3.15. The van der Waals surface area contributed by atoms with Gasteiger partial charge in [0, 0.05) is 0 Å². The van der Waals surface area contributed by atoms with E-state index in [0.29, 0.717) is 11.1 Å². The van der Waals surface area contributed by atoms with Gasteiger partial charge in [0.25, 0.3) is 0 Å². The first-order valence-corrected chi connectivity index (χ1v) is 6.84. The van der Waals surface area contributed by atoms with Gasteiger partial charge in [-0.3, -0.25) is 0 Å². The molecule has 0 radical (unpaired) electrons. The van der Waals surface area contributed by atoms with Crippen LogP contribution in [0.2, 0.25) is 0 Å². The van der Waals surface area contributed by atoms with Gasteiger partial charge >= 0.3 is 17.9 Å². The average molecular weight is 316 g/mol. The average Bonchev–Trinajstić information content (AvgIpc) is 2.56. The number of carboxylic acid groups (broad SMARTS) is 3. The minimum absolute atomic E-state index is 0.0894. The summed E-state index contributed by atoms with van der Waals surface area (Å²) in [6, 6.07) is 9.47. The summed E-state index contributed by atoms with van der Waals surface area (Å²) in [5.41, 5.74) is 0.723. The van der Waals surface area contributed by atoms with Gasteiger partial charge in [0.1, 0.15) is 0 Å². The lowest BCUT2D eigenvalue weighted by Gasteiger charge is -2.06. The highest BCUT2D eigenvalue weighted by Gasteiger charge is 2.12. The van der Waals surface area contributed by atoms with Crippen molar-refractivity contribution in [1.29, 1.82) is 0 Å². The third-order valence-electron chi connectivity index (χ3n) is 2.89. The van der Waals surface area contributed by atoms with Crippen molar-refractivity contribution < 1.29 is 29.7 Å². The summed E-state index contributed by atoms with van der Waals surface area (Å²) < 4.78 is 0. The monoisotopic (exact) mass is 316 g/mol. The van der Waals surface area contributed by atoms with Gasteiger partial charge in [0.15, 0.2) is 0 Å². The van der Waals surface area contributed by atoms with Gasteiger partial charge < -0.3 is 15.3 Å². The van der Waals surface area contributed by atoms with Gasteiger partial charge in [-0.2, -0.15) is 0 Å². The molecule has 0 bridgehead atoms. The fraction of sp³-hybridized carbons (Fsp3) is 0.118. The lowest BCUT2D eigenvalue weighted by molar-refractivity contribution is 0.0682. The van der Waals surface area contributed by atoms with Crippen molar-refractivity contribution in [2.45, 2.75) is 13.8 Å². The molecule has 6 heteroatoms. The van der Waals surface area contributed by atoms with E-state index in [9.17, 15) is 14.4 Å². The van der Waals surface area contributed by atoms with Gasteiger partial charge in [-0.1, -0.05) is 26.0 Å². The van der Waals surface area contributed by atoms with Crippen LogP contribution in [0.15, 0.2) is 42.5 Å². The lowest BCUT2D eigenvalue weighted by atomic mass is 9.99. The highest BCUT2D eigenvalue weighted by Crippen LogP contribution is 2.23. The van der Waals surface area contributed by atoms with Crippen molar-refractivity contribution in [3.63, 3.8) is 0 Å². The van der Waals surface area contributed by atoms with Crippen LogP contribution in [-0.2, 0) is 0 Å². The second-order valence-corrected chi connectivity index (χ2v) is 4.29. The number of rotatable bonds is 4. The first-order chi connectivity index (χ1) is 10.9. The molecule has 0 heterocycles. The Morgan fingerprint density at radius 3 is 1.35 bits per heavy atom. The molecule has 3 N–H and O–H groups in total. The Bertz CT molecular complexity index is 699. The highest BCUT2D eigenvalue weighted by atomic mass is 16.4. The van der Waals surface area contributed by atoms with E-state index in [2.05, 4.69) is 0 Å². The molecule has 0 atom stereocenters. The number of carbonyl (C=O) groups is 3. The Morgan fingerprint density at radius 1 is 0.609 bits per heavy atom. The summed E-state index contributed by atoms with van der Waals surface area (Å²) in [4.78, 5) is 32.8. The molecule has 2 aromatic rings. The van der Waals surface area contributed by atoms with E-state index in [4.69, 9.17) is 15.3 Å². The Morgan fingerprint density at radius 2 is 1.00 bits per heavy atom. The van der Waals surface area contributed by atoms with Crippen LogP contribution in [0.25, 0.3) is 11.1 Å². The maximum atomic E-state index is 11.0. The topological polar surface area (TPSA) is 112 Å². The fourth-order valence-electron chi connectivity index (χ4n) is 1.85. The van der Waals surface area contributed by atoms with Gasteiger partial charge in [-0.25, -0.2) is 14.4 Å². The van der Waals surface area contributed by atoms with E-state index in [1.807, 2.05) is 13.8 Å². The van der Waals surface area contributed by atoms with Crippen molar-refractivity contribution in [2.24, 2.45) is 0 Å². The maximum absolute atomic E-state index is 11.0. The number of hydrogen-bond acceptors (Lipinski definition) is 3. The molecular formula is C17H16O6. The zero-order valence-electron chi connectivity index (χ0n) is 12.6. The predicted octanol–water partition coefficient (Wildman–Crippen LogP) is 3.47. The van der Waals surface area contributed by atoms with E-state index in [1.165, 1.54) is 36.4 Å². The van der Waals surface area contributed by atoms with Crippen LogP contribution in [-0.4, -0.2) is 33.2 Å². The van der Waals surface area contributed by atoms with Crippen LogP contribution in [0.5, 0.6) is 0 Å². The van der Waals surface area contributed by atoms with Crippen LogP contribution in [0, 0.1) is 0 Å². The summed E-state index contributed by atoms with van der Waals surface area (Å²) in [5.74, 6) is -3.55. The summed E-state index contributed by atoms with van der Waals surface area (Å²) in [6.07, 6.45) is 0. The molecule has 0 aliphatic carbocycles. The van der Waals surface area contributed by atoms with Crippen molar-refractivity contribution in [1.82, 2.24) is 0 Å². The van der Waals surface area contributed by atoms with Gasteiger partial charge in [-0.15, -0.1) is 0 Å². The molecule has 2 rings (SSSR count). The van der Waals surface area contributed by atoms with E-state index in [1.54, 1.807) is 0 Å². The minimum atomic E-state index is -1.23. The molecule has 0 aliphatic heterocycles. The molecule has 2 aromatic carbocycles. The molecule has 0 fully saturated rings. The molecule has 0 aliphatic rings. The van der Waals surface area contributed by atoms with Crippen LogP contribution in [0.3, 0.4) is 0 Å². The quantitative estimate of drug-likeness (QED) is 0.796. The third-order valence-corrected chi connectivity index (χ3v) is 2.89. The number of hydrogen-bond donors (Lipinski definition) is 3. The molecule has 6 nitrogen and oxygen atoms in total. The molecule has 0 saturated heterocycles. The second kappa shape index (κ2) is 7.74. The normalized spacial score (nSPS) is 9.48. The van der Waals surface area contributed by atoms with Gasteiger partial charge in [0.05, 0.1) is 16.7 Å². The van der Waals surface area contributed by atoms with Gasteiger partial charge in [0.2, 0.25) is 0 Å². The number of benzene rings is 2. The SMILES string of the molecule is CC.O=C(O)c1ccc(-c2cc(C(=O)O)cc(C(=O)O)c2)cc1. The summed E-state index contributed by atoms with van der Waals surface area (Å²) >= 11 is 0. The molecule has 0 spiro atoms. The zero-order chi connectivity index (χ0) is 17.6. The zero-order valence-corrected chi connectivity index (χ0v) is 12.6. The molecule has 0 unspecified atom stereocenters. The number of aromatic carboxylic acids is 3. The van der Waals surface area contributed by atoms with E-state index in [-0.39, 0.29) is 16.7 Å². The molecule has 0 aromatic heterocycles. The smallest absolute Gasteiger partial charge is 0.335 e. The molecule has 0 saturated carbocycles. The van der Waals surface area contributed by atoms with Crippen molar-refractivity contribution in [2.75, 3.05) is 0 Å². The Kier molecular flexibility index (Phi) is 6.03. The predicted molar refractivity (Wildman–Crippen MR) is 84.1 cm³/mol. The van der Waals surface area contributed by atoms with Gasteiger partial charge in [-0.05, 0) is 41.5 Å². The molecule has 23 heavy (non-hydrogen) atoms.